The van der Waals surface area contributed by atoms with Crippen molar-refractivity contribution in [3.05, 3.63) is 12.3 Å². The Kier molecular flexibility index (Phi) is 7.28. The summed E-state index contributed by atoms with van der Waals surface area (Å²) in [5, 5.41) is 0.452. The lowest BCUT2D eigenvalue weighted by Crippen LogP contribution is -2.55. The zero-order chi connectivity index (χ0) is 15.3. The molecular formula is C16H37NSi2. The van der Waals surface area contributed by atoms with Crippen molar-refractivity contribution < 1.29 is 0 Å². The minimum absolute atomic E-state index is 0.452. The third-order valence-electron chi connectivity index (χ3n) is 4.92. The van der Waals surface area contributed by atoms with E-state index < -0.39 is 16.3 Å². The summed E-state index contributed by atoms with van der Waals surface area (Å²) in [5.41, 5.74) is 2.24. The van der Waals surface area contributed by atoms with E-state index in [4.69, 9.17) is 0 Å². The molecule has 0 bridgehead atoms. The van der Waals surface area contributed by atoms with Crippen LogP contribution < -0.4 is 0 Å². The van der Waals surface area contributed by atoms with Gasteiger partial charge in [-0.2, -0.15) is 0 Å². The summed E-state index contributed by atoms with van der Waals surface area (Å²) in [6.45, 7) is 26.1. The Morgan fingerprint density at radius 3 is 1.95 bits per heavy atom. The van der Waals surface area contributed by atoms with E-state index in [0.717, 1.165) is 0 Å². The van der Waals surface area contributed by atoms with Crippen molar-refractivity contribution in [1.29, 1.82) is 0 Å². The normalized spacial score (nSPS) is 13.9. The summed E-state index contributed by atoms with van der Waals surface area (Å²) < 4.78 is 2.83. The first kappa shape index (κ1) is 19.1. The van der Waals surface area contributed by atoms with Gasteiger partial charge in [0.2, 0.25) is 0 Å². The molecule has 0 aliphatic rings. The van der Waals surface area contributed by atoms with Gasteiger partial charge in [-0.05, 0) is 31.0 Å². The highest BCUT2D eigenvalue weighted by atomic mass is 28.3. The van der Waals surface area contributed by atoms with E-state index in [9.17, 15) is 0 Å². The number of hydrogen-bond acceptors (Lipinski definition) is 1. The van der Waals surface area contributed by atoms with Crippen molar-refractivity contribution in [1.82, 2.24) is 4.57 Å². The summed E-state index contributed by atoms with van der Waals surface area (Å²) in [4.78, 5) is 0. The summed E-state index contributed by atoms with van der Waals surface area (Å²) >= 11 is 0. The van der Waals surface area contributed by atoms with Crippen LogP contribution in [0.4, 0.5) is 0 Å². The van der Waals surface area contributed by atoms with E-state index in [1.165, 1.54) is 32.0 Å². The predicted molar refractivity (Wildman–Crippen MR) is 96.2 cm³/mol. The molecule has 0 aromatic heterocycles. The first-order valence-corrected chi connectivity index (χ1v) is 14.1. The van der Waals surface area contributed by atoms with Crippen LogP contribution in [0.25, 0.3) is 0 Å². The Labute approximate surface area is 124 Å². The minimum Gasteiger partial charge on any atom is -0.323 e. The Balaban J connectivity index is 4.63. The molecule has 1 nitrogen and oxygen atoms in total. The predicted octanol–water partition coefficient (Wildman–Crippen LogP) is 5.53. The van der Waals surface area contributed by atoms with Crippen LogP contribution >= 0.6 is 0 Å². The molecule has 0 N–H and O–H groups in total. The lowest BCUT2D eigenvalue weighted by atomic mass is 10.2. The highest BCUT2D eigenvalue weighted by molar-refractivity contribution is 6.82. The second kappa shape index (κ2) is 7.23. The molecular weight excluding hydrogens is 262 g/mol. The fraction of sp³-hybridized carbons (Fsp3) is 0.875. The molecule has 19 heavy (non-hydrogen) atoms. The van der Waals surface area contributed by atoms with Crippen molar-refractivity contribution in [3.63, 3.8) is 0 Å². The van der Waals surface area contributed by atoms with E-state index in [1.54, 1.807) is 0 Å². The van der Waals surface area contributed by atoms with Gasteiger partial charge in [0, 0.05) is 0 Å². The molecule has 0 saturated carbocycles. The molecule has 0 amide bonds. The van der Waals surface area contributed by atoms with Crippen LogP contribution in [0.5, 0.6) is 0 Å². The van der Waals surface area contributed by atoms with Crippen molar-refractivity contribution in [2.45, 2.75) is 77.8 Å². The highest BCUT2D eigenvalue weighted by Crippen LogP contribution is 2.38. The van der Waals surface area contributed by atoms with Gasteiger partial charge in [-0.3, -0.25) is 0 Å². The summed E-state index contributed by atoms with van der Waals surface area (Å²) in [6, 6.07) is 1.38. The summed E-state index contributed by atoms with van der Waals surface area (Å²) in [5.74, 6) is 0. The molecule has 0 radical (unpaired) electrons. The standard InChI is InChI=1S/C16H37NSi2/c1-10-13-17(19(8,9)16(3,4)5)14-12-15-18(6,7)11-2/h11H,2,10,12-15H2,1,3-9H3. The quantitative estimate of drug-likeness (QED) is 0.533. The van der Waals surface area contributed by atoms with Crippen LogP contribution in [0.3, 0.4) is 0 Å². The molecule has 0 saturated heterocycles. The Bertz CT molecular complexity index is 277. The van der Waals surface area contributed by atoms with Gasteiger partial charge in [0.05, 0.1) is 8.07 Å². The molecule has 3 heteroatoms. The molecule has 0 heterocycles. The monoisotopic (exact) mass is 299 g/mol. The third-order valence-corrected chi connectivity index (χ3v) is 13.4. The smallest absolute Gasteiger partial charge is 0.127 e. The Morgan fingerprint density at radius 1 is 1.05 bits per heavy atom. The van der Waals surface area contributed by atoms with Gasteiger partial charge >= 0.3 is 0 Å². The topological polar surface area (TPSA) is 3.24 Å². The first-order chi connectivity index (χ1) is 8.48. The van der Waals surface area contributed by atoms with Gasteiger partial charge in [-0.1, -0.05) is 59.9 Å². The zero-order valence-electron chi connectivity index (χ0n) is 14.8. The van der Waals surface area contributed by atoms with Gasteiger partial charge in [0.15, 0.2) is 0 Å². The fourth-order valence-corrected chi connectivity index (χ4v) is 5.96. The van der Waals surface area contributed by atoms with E-state index >= 15 is 0 Å². The van der Waals surface area contributed by atoms with Crippen molar-refractivity contribution in [2.75, 3.05) is 13.1 Å². The lowest BCUT2D eigenvalue weighted by molar-refractivity contribution is 0.395. The molecule has 0 atom stereocenters. The van der Waals surface area contributed by atoms with Gasteiger partial charge in [-0.25, -0.2) is 0 Å². The molecule has 0 rings (SSSR count). The number of hydrogen-bond donors (Lipinski definition) is 0. The maximum atomic E-state index is 4.01. The molecule has 0 fully saturated rings. The second-order valence-electron chi connectivity index (χ2n) is 8.09. The summed E-state index contributed by atoms with van der Waals surface area (Å²) in [6.07, 6.45) is 2.62. The first-order valence-electron chi connectivity index (χ1n) is 7.86. The Morgan fingerprint density at radius 2 is 1.58 bits per heavy atom. The molecule has 114 valence electrons. The molecule has 0 spiro atoms. The summed E-state index contributed by atoms with van der Waals surface area (Å²) in [7, 11) is -2.46. The van der Waals surface area contributed by atoms with Crippen LogP contribution in [0.15, 0.2) is 12.3 Å². The lowest BCUT2D eigenvalue weighted by Gasteiger charge is -2.46. The van der Waals surface area contributed by atoms with Gasteiger partial charge < -0.3 is 4.57 Å². The SMILES string of the molecule is C=C[Si](C)(C)CCCN(CCC)[Si](C)(C)C(C)(C)C. The maximum Gasteiger partial charge on any atom is 0.127 e. The zero-order valence-corrected chi connectivity index (χ0v) is 16.8. The van der Waals surface area contributed by atoms with E-state index in [0.29, 0.717) is 5.04 Å². The average molecular weight is 300 g/mol. The molecule has 0 aromatic carbocycles. The van der Waals surface area contributed by atoms with Gasteiger partial charge in [0.25, 0.3) is 0 Å². The maximum absolute atomic E-state index is 4.01. The second-order valence-corrected chi connectivity index (χ2v) is 18.2. The fourth-order valence-electron chi connectivity index (χ4n) is 2.24. The highest BCUT2D eigenvalue weighted by Gasteiger charge is 2.40. The van der Waals surface area contributed by atoms with Gasteiger partial charge in [-0.15, -0.1) is 12.3 Å². The van der Waals surface area contributed by atoms with Crippen molar-refractivity contribution >= 4 is 16.3 Å². The van der Waals surface area contributed by atoms with E-state index in [2.05, 4.69) is 70.7 Å². The molecule has 0 unspecified atom stereocenters. The minimum atomic E-state index is -1.34. The van der Waals surface area contributed by atoms with E-state index in [-0.39, 0.29) is 0 Å². The van der Waals surface area contributed by atoms with Crippen LogP contribution in [-0.2, 0) is 0 Å². The van der Waals surface area contributed by atoms with Crippen molar-refractivity contribution in [2.24, 2.45) is 0 Å². The van der Waals surface area contributed by atoms with Crippen LogP contribution in [0.1, 0.15) is 40.5 Å². The van der Waals surface area contributed by atoms with Crippen LogP contribution in [0.2, 0.25) is 37.3 Å². The molecule has 0 aliphatic heterocycles. The molecule has 0 aliphatic carbocycles. The number of nitrogens with zero attached hydrogens (tertiary/aromatic N) is 1. The third kappa shape index (κ3) is 5.96. The van der Waals surface area contributed by atoms with E-state index in [1.807, 2.05) is 0 Å². The number of rotatable bonds is 8. The van der Waals surface area contributed by atoms with Gasteiger partial charge in [0.1, 0.15) is 8.24 Å². The van der Waals surface area contributed by atoms with Crippen LogP contribution in [0, 0.1) is 0 Å². The van der Waals surface area contributed by atoms with Crippen LogP contribution in [-0.4, -0.2) is 34.0 Å². The Hall–Kier alpha value is 0.134. The average Bonchev–Trinajstić information content (AvgIpc) is 2.26. The molecule has 0 aromatic rings. The van der Waals surface area contributed by atoms with Crippen molar-refractivity contribution in [3.8, 4) is 0 Å². The largest absolute Gasteiger partial charge is 0.323 e.